The molecule has 1 amide bonds. The fourth-order valence-corrected chi connectivity index (χ4v) is 1.30. The number of likely N-dealkylation sites (tertiary alicyclic amines) is 1. The van der Waals surface area contributed by atoms with Crippen molar-refractivity contribution in [2.45, 2.75) is 19.3 Å². The Balaban J connectivity index is 2.46. The lowest BCUT2D eigenvalue weighted by Crippen LogP contribution is -2.46. The summed E-state index contributed by atoms with van der Waals surface area (Å²) >= 11 is 0. The number of carbonyl (C=O) groups excluding carboxylic acids is 1. The summed E-state index contributed by atoms with van der Waals surface area (Å²) in [6, 6.07) is 0. The maximum absolute atomic E-state index is 10.3. The van der Waals surface area contributed by atoms with E-state index in [0.29, 0.717) is 4.48 Å². The van der Waals surface area contributed by atoms with E-state index in [2.05, 4.69) is 6.41 Å². The SMILES string of the molecule is C[N+]1([C]=O)CCCCC1. The summed E-state index contributed by atoms with van der Waals surface area (Å²) in [5, 5.41) is 0. The predicted molar refractivity (Wildman–Crippen MR) is 35.5 cm³/mol. The number of piperidine rings is 1. The summed E-state index contributed by atoms with van der Waals surface area (Å²) in [6.07, 6.45) is 5.73. The monoisotopic (exact) mass is 127 g/mol. The van der Waals surface area contributed by atoms with E-state index in [9.17, 15) is 4.79 Å². The Morgan fingerprint density at radius 1 is 1.22 bits per heavy atom. The Morgan fingerprint density at radius 3 is 2.11 bits per heavy atom. The lowest BCUT2D eigenvalue weighted by Gasteiger charge is -2.28. The maximum Gasteiger partial charge on any atom is 0.442 e. The zero-order valence-electron chi connectivity index (χ0n) is 5.89. The summed E-state index contributed by atoms with van der Waals surface area (Å²) in [4.78, 5) is 10.3. The first-order valence-electron chi connectivity index (χ1n) is 3.51. The van der Waals surface area contributed by atoms with Gasteiger partial charge in [0.15, 0.2) is 0 Å². The molecule has 0 aromatic rings. The van der Waals surface area contributed by atoms with Gasteiger partial charge in [-0.2, -0.15) is 0 Å². The molecule has 1 radical (unpaired) electrons. The first-order valence-corrected chi connectivity index (χ1v) is 3.51. The van der Waals surface area contributed by atoms with E-state index < -0.39 is 0 Å². The molecule has 1 heterocycles. The van der Waals surface area contributed by atoms with Gasteiger partial charge in [-0.3, -0.25) is 4.48 Å². The van der Waals surface area contributed by atoms with Crippen molar-refractivity contribution in [3.8, 4) is 0 Å². The molecule has 1 aliphatic heterocycles. The van der Waals surface area contributed by atoms with Crippen molar-refractivity contribution < 1.29 is 9.28 Å². The van der Waals surface area contributed by atoms with Crippen LogP contribution in [0.15, 0.2) is 0 Å². The van der Waals surface area contributed by atoms with Crippen LogP contribution in [-0.2, 0) is 4.79 Å². The highest BCUT2D eigenvalue weighted by Crippen LogP contribution is 2.12. The Kier molecular flexibility index (Phi) is 1.86. The first kappa shape index (κ1) is 6.75. The molecule has 1 saturated heterocycles. The van der Waals surface area contributed by atoms with Gasteiger partial charge in [-0.25, -0.2) is 4.79 Å². The number of amides is 1. The van der Waals surface area contributed by atoms with E-state index in [1.165, 1.54) is 19.3 Å². The van der Waals surface area contributed by atoms with Crippen LogP contribution >= 0.6 is 0 Å². The second kappa shape index (κ2) is 2.48. The molecular formula is C7H13NO+. The zero-order chi connectivity index (χ0) is 6.74. The second-order valence-corrected chi connectivity index (χ2v) is 3.00. The highest BCUT2D eigenvalue weighted by Gasteiger charge is 2.25. The molecule has 0 aromatic heterocycles. The van der Waals surface area contributed by atoms with Gasteiger partial charge in [0.2, 0.25) is 0 Å². The molecule has 0 unspecified atom stereocenters. The van der Waals surface area contributed by atoms with Gasteiger partial charge < -0.3 is 0 Å². The van der Waals surface area contributed by atoms with Crippen molar-refractivity contribution in [1.82, 2.24) is 0 Å². The molecule has 0 saturated carbocycles. The van der Waals surface area contributed by atoms with Gasteiger partial charge in [0.1, 0.15) is 0 Å². The quantitative estimate of drug-likeness (QED) is 0.473. The topological polar surface area (TPSA) is 17.1 Å². The van der Waals surface area contributed by atoms with E-state index in [0.717, 1.165) is 13.1 Å². The van der Waals surface area contributed by atoms with Crippen molar-refractivity contribution in [2.24, 2.45) is 0 Å². The fourth-order valence-electron chi connectivity index (χ4n) is 1.30. The van der Waals surface area contributed by atoms with Gasteiger partial charge in [-0.05, 0) is 19.3 Å². The third kappa shape index (κ3) is 1.52. The lowest BCUT2D eigenvalue weighted by atomic mass is 10.1. The third-order valence-corrected chi connectivity index (χ3v) is 2.02. The number of hydrogen-bond acceptors (Lipinski definition) is 1. The van der Waals surface area contributed by atoms with Gasteiger partial charge in [-0.1, -0.05) is 0 Å². The van der Waals surface area contributed by atoms with Gasteiger partial charge in [0.25, 0.3) is 0 Å². The zero-order valence-corrected chi connectivity index (χ0v) is 5.89. The average molecular weight is 127 g/mol. The van der Waals surface area contributed by atoms with Crippen molar-refractivity contribution in [1.29, 1.82) is 0 Å². The van der Waals surface area contributed by atoms with Crippen LogP contribution in [0.4, 0.5) is 0 Å². The normalized spacial score (nSPS) is 25.4. The van der Waals surface area contributed by atoms with Crippen molar-refractivity contribution in [2.75, 3.05) is 20.1 Å². The molecule has 1 aliphatic rings. The second-order valence-electron chi connectivity index (χ2n) is 3.00. The highest BCUT2D eigenvalue weighted by atomic mass is 16.1. The molecule has 0 aliphatic carbocycles. The van der Waals surface area contributed by atoms with Crippen LogP contribution in [0.1, 0.15) is 19.3 Å². The minimum absolute atomic E-state index is 0.514. The van der Waals surface area contributed by atoms with E-state index in [1.54, 1.807) is 0 Å². The van der Waals surface area contributed by atoms with Crippen LogP contribution in [-0.4, -0.2) is 31.0 Å². The number of hydrogen-bond donors (Lipinski definition) is 0. The largest absolute Gasteiger partial charge is 0.442 e. The molecule has 9 heavy (non-hydrogen) atoms. The van der Waals surface area contributed by atoms with Crippen LogP contribution in [0.25, 0.3) is 0 Å². The standard InChI is InChI=1S/C7H13NO/c1-8(7-9)5-3-2-4-6-8/h2-6H2,1H3/q+1. The molecule has 51 valence electrons. The molecule has 0 N–H and O–H groups in total. The van der Waals surface area contributed by atoms with Gasteiger partial charge >= 0.3 is 6.41 Å². The van der Waals surface area contributed by atoms with Crippen molar-refractivity contribution >= 4 is 6.41 Å². The molecule has 0 aromatic carbocycles. The van der Waals surface area contributed by atoms with Crippen molar-refractivity contribution in [3.63, 3.8) is 0 Å². The summed E-state index contributed by atoms with van der Waals surface area (Å²) in [5.41, 5.74) is 0. The average Bonchev–Trinajstić information content (AvgIpc) is 1.90. The Labute approximate surface area is 56.1 Å². The van der Waals surface area contributed by atoms with E-state index in [1.807, 2.05) is 7.05 Å². The van der Waals surface area contributed by atoms with Gasteiger partial charge in [0.05, 0.1) is 20.1 Å². The molecule has 2 nitrogen and oxygen atoms in total. The summed E-state index contributed by atoms with van der Waals surface area (Å²) in [5.74, 6) is 0. The van der Waals surface area contributed by atoms with Crippen LogP contribution < -0.4 is 0 Å². The molecular weight excluding hydrogens is 114 g/mol. The minimum Gasteiger partial charge on any atom is -0.250 e. The number of nitrogens with zero attached hydrogens (tertiary/aromatic N) is 1. The fraction of sp³-hybridized carbons (Fsp3) is 0.857. The molecule has 1 fully saturated rings. The summed E-state index contributed by atoms with van der Waals surface area (Å²) < 4.78 is 0.514. The van der Waals surface area contributed by atoms with Crippen LogP contribution in [0.5, 0.6) is 0 Å². The highest BCUT2D eigenvalue weighted by molar-refractivity contribution is 5.38. The number of rotatable bonds is 1. The summed E-state index contributed by atoms with van der Waals surface area (Å²) in [7, 11) is 1.95. The molecule has 2 heteroatoms. The molecule has 1 rings (SSSR count). The smallest absolute Gasteiger partial charge is 0.250 e. The van der Waals surface area contributed by atoms with Crippen LogP contribution in [0.2, 0.25) is 0 Å². The van der Waals surface area contributed by atoms with E-state index in [4.69, 9.17) is 0 Å². The van der Waals surface area contributed by atoms with Crippen molar-refractivity contribution in [3.05, 3.63) is 0 Å². The van der Waals surface area contributed by atoms with Gasteiger partial charge in [-0.15, -0.1) is 0 Å². The third-order valence-electron chi connectivity index (χ3n) is 2.02. The first-order chi connectivity index (χ1) is 4.27. The summed E-state index contributed by atoms with van der Waals surface area (Å²) in [6.45, 7) is 1.98. The lowest BCUT2D eigenvalue weighted by molar-refractivity contribution is -0.823. The molecule has 0 bridgehead atoms. The van der Waals surface area contributed by atoms with Gasteiger partial charge in [0, 0.05) is 0 Å². The maximum atomic E-state index is 10.3. The van der Waals surface area contributed by atoms with Crippen LogP contribution in [0.3, 0.4) is 0 Å². The molecule has 0 spiro atoms. The van der Waals surface area contributed by atoms with Crippen LogP contribution in [0, 0.1) is 0 Å². The Bertz CT molecular complexity index is 105. The van der Waals surface area contributed by atoms with E-state index in [-0.39, 0.29) is 0 Å². The minimum atomic E-state index is 0.514. The predicted octanol–water partition coefficient (Wildman–Crippen LogP) is 0.684. The Hall–Kier alpha value is -0.370. The Morgan fingerprint density at radius 2 is 1.78 bits per heavy atom. The number of quaternary nitrogens is 1. The molecule has 0 atom stereocenters. The van der Waals surface area contributed by atoms with E-state index >= 15 is 0 Å².